The first-order valence-electron chi connectivity index (χ1n) is 6.98. The van der Waals surface area contributed by atoms with Crippen LogP contribution in [0, 0.1) is 13.8 Å². The normalized spacial score (nSPS) is 22.3. The van der Waals surface area contributed by atoms with Crippen LogP contribution >= 0.6 is 0 Å². The van der Waals surface area contributed by atoms with Crippen LogP contribution in [-0.4, -0.2) is 45.5 Å². The molecule has 3 heterocycles. The number of nitrogens with one attached hydrogen (secondary N) is 1. The van der Waals surface area contributed by atoms with Crippen molar-refractivity contribution >= 4 is 21.4 Å². The van der Waals surface area contributed by atoms with Gasteiger partial charge >= 0.3 is 0 Å². The molecule has 0 aromatic carbocycles. The molecule has 0 radical (unpaired) electrons. The Balaban J connectivity index is 1.89. The lowest BCUT2D eigenvalue weighted by atomic mass is 10.0. The summed E-state index contributed by atoms with van der Waals surface area (Å²) in [5.41, 5.74) is 2.57. The lowest BCUT2D eigenvalue weighted by Crippen LogP contribution is -2.66. The van der Waals surface area contributed by atoms with E-state index in [2.05, 4.69) is 15.4 Å². The fourth-order valence-electron chi connectivity index (χ4n) is 2.59. The number of fused-ring (bicyclic) bond motifs is 1. The molecule has 0 unspecified atom stereocenters. The highest BCUT2D eigenvalue weighted by Crippen LogP contribution is 2.33. The van der Waals surface area contributed by atoms with Gasteiger partial charge in [0.15, 0.2) is 15.5 Å². The van der Waals surface area contributed by atoms with E-state index >= 15 is 0 Å². The van der Waals surface area contributed by atoms with Gasteiger partial charge in [-0.15, -0.1) is 0 Å². The first kappa shape index (κ1) is 15.0. The number of aromatic nitrogens is 3. The second-order valence-corrected chi connectivity index (χ2v) is 8.84. The third-order valence-electron chi connectivity index (χ3n) is 4.42. The lowest BCUT2D eigenvalue weighted by Gasteiger charge is -2.43. The van der Waals surface area contributed by atoms with E-state index in [9.17, 15) is 13.2 Å². The molecule has 1 aliphatic rings. The Bertz CT molecular complexity index is 883. The van der Waals surface area contributed by atoms with Crippen LogP contribution in [-0.2, 0) is 9.84 Å². The van der Waals surface area contributed by atoms with Crippen LogP contribution in [0.2, 0.25) is 0 Å². The summed E-state index contributed by atoms with van der Waals surface area (Å²) in [4.78, 5) is 16.7. The van der Waals surface area contributed by atoms with Crippen molar-refractivity contribution in [2.24, 2.45) is 0 Å². The monoisotopic (exact) mass is 322 g/mol. The number of nitrogens with zero attached hydrogens (tertiary/aromatic N) is 3. The fourth-order valence-corrected chi connectivity index (χ4v) is 4.24. The Morgan fingerprint density at radius 1 is 1.41 bits per heavy atom. The largest absolute Gasteiger partial charge is 0.347 e. The number of sulfone groups is 1. The Labute approximate surface area is 128 Å². The second-order valence-electron chi connectivity index (χ2n) is 6.22. The standard InChI is InChI=1S/C14H18N4O3S/c1-8-5-12-15-6-10(9(2)18(12)17-8)13(19)16-11-7-22(20,21)14(11,3)4/h5-6,11H,7H2,1-4H3,(H,16,19)/t11-/m0/s1. The van der Waals surface area contributed by atoms with Crippen molar-refractivity contribution in [2.75, 3.05) is 5.75 Å². The molecule has 0 aliphatic carbocycles. The van der Waals surface area contributed by atoms with Gasteiger partial charge in [0.2, 0.25) is 0 Å². The van der Waals surface area contributed by atoms with E-state index in [1.54, 1.807) is 25.3 Å². The van der Waals surface area contributed by atoms with Crippen LogP contribution in [0.4, 0.5) is 0 Å². The zero-order chi connectivity index (χ0) is 16.3. The maximum absolute atomic E-state index is 12.4. The number of carbonyl (C=O) groups is 1. The molecule has 8 heteroatoms. The Kier molecular flexibility index (Phi) is 3.07. The minimum absolute atomic E-state index is 0.0264. The molecule has 118 valence electrons. The molecule has 0 saturated carbocycles. The molecular formula is C14H18N4O3S. The minimum Gasteiger partial charge on any atom is -0.347 e. The van der Waals surface area contributed by atoms with Gasteiger partial charge < -0.3 is 5.32 Å². The van der Waals surface area contributed by atoms with E-state index in [0.717, 1.165) is 5.69 Å². The molecule has 0 bridgehead atoms. The van der Waals surface area contributed by atoms with Crippen molar-refractivity contribution in [3.05, 3.63) is 29.2 Å². The first-order chi connectivity index (χ1) is 10.1. The number of aryl methyl sites for hydroxylation is 2. The second kappa shape index (κ2) is 4.52. The third-order valence-corrected chi connectivity index (χ3v) is 7.08. The van der Waals surface area contributed by atoms with Gasteiger partial charge in [-0.1, -0.05) is 0 Å². The summed E-state index contributed by atoms with van der Waals surface area (Å²) in [5.74, 6) is -0.352. The summed E-state index contributed by atoms with van der Waals surface area (Å²) < 4.78 is 24.2. The van der Waals surface area contributed by atoms with E-state index in [4.69, 9.17) is 0 Å². The van der Waals surface area contributed by atoms with Crippen molar-refractivity contribution in [2.45, 2.75) is 38.5 Å². The summed E-state index contributed by atoms with van der Waals surface area (Å²) in [6.07, 6.45) is 1.50. The van der Waals surface area contributed by atoms with Gasteiger partial charge in [-0.05, 0) is 27.7 Å². The average Bonchev–Trinajstić information content (AvgIpc) is 2.79. The van der Waals surface area contributed by atoms with Crippen molar-refractivity contribution in [1.29, 1.82) is 0 Å². The predicted octanol–water partition coefficient (Wildman–Crippen LogP) is 0.652. The van der Waals surface area contributed by atoms with Crippen molar-refractivity contribution < 1.29 is 13.2 Å². The number of amides is 1. The first-order valence-corrected chi connectivity index (χ1v) is 8.64. The van der Waals surface area contributed by atoms with Gasteiger partial charge in [0, 0.05) is 12.3 Å². The molecule has 0 spiro atoms. The van der Waals surface area contributed by atoms with Crippen molar-refractivity contribution in [1.82, 2.24) is 19.9 Å². The molecule has 1 amide bonds. The van der Waals surface area contributed by atoms with Crippen LogP contribution < -0.4 is 5.32 Å². The quantitative estimate of drug-likeness (QED) is 0.876. The van der Waals surface area contributed by atoms with Crippen LogP contribution in [0.1, 0.15) is 35.6 Å². The van der Waals surface area contributed by atoms with Crippen molar-refractivity contribution in [3.8, 4) is 0 Å². The van der Waals surface area contributed by atoms with Gasteiger partial charge in [0.1, 0.15) is 0 Å². The van der Waals surface area contributed by atoms with Gasteiger partial charge in [0.05, 0.1) is 33.5 Å². The molecule has 7 nitrogen and oxygen atoms in total. The summed E-state index contributed by atoms with van der Waals surface area (Å²) in [7, 11) is -3.13. The fraction of sp³-hybridized carbons (Fsp3) is 0.500. The minimum atomic E-state index is -3.13. The van der Waals surface area contributed by atoms with Gasteiger partial charge in [-0.3, -0.25) is 4.79 Å². The summed E-state index contributed by atoms with van der Waals surface area (Å²) in [6, 6.07) is 1.44. The van der Waals surface area contributed by atoms with Crippen molar-refractivity contribution in [3.63, 3.8) is 0 Å². The summed E-state index contributed by atoms with van der Waals surface area (Å²) in [5, 5.41) is 7.09. The number of hydrogen-bond donors (Lipinski definition) is 1. The smallest absolute Gasteiger partial charge is 0.254 e. The van der Waals surface area contributed by atoms with Crippen LogP contribution in [0.5, 0.6) is 0 Å². The molecule has 1 fully saturated rings. The molecule has 22 heavy (non-hydrogen) atoms. The zero-order valence-electron chi connectivity index (χ0n) is 12.9. The highest BCUT2D eigenvalue weighted by atomic mass is 32.2. The third kappa shape index (κ3) is 2.01. The maximum Gasteiger partial charge on any atom is 0.254 e. The Hall–Kier alpha value is -1.96. The van der Waals surface area contributed by atoms with E-state index in [1.165, 1.54) is 6.20 Å². The lowest BCUT2D eigenvalue weighted by molar-refractivity contribution is 0.0927. The number of rotatable bonds is 2. The molecule has 3 rings (SSSR count). The zero-order valence-corrected chi connectivity index (χ0v) is 13.7. The number of hydrogen-bond acceptors (Lipinski definition) is 5. The van der Waals surface area contributed by atoms with E-state index in [0.29, 0.717) is 16.9 Å². The van der Waals surface area contributed by atoms with Crippen LogP contribution in [0.3, 0.4) is 0 Å². The Morgan fingerprint density at radius 2 is 2.09 bits per heavy atom. The Morgan fingerprint density at radius 3 is 2.68 bits per heavy atom. The predicted molar refractivity (Wildman–Crippen MR) is 81.6 cm³/mol. The van der Waals surface area contributed by atoms with E-state index < -0.39 is 14.6 Å². The van der Waals surface area contributed by atoms with Gasteiger partial charge in [0.25, 0.3) is 5.91 Å². The highest BCUT2D eigenvalue weighted by molar-refractivity contribution is 7.94. The van der Waals surface area contributed by atoms with Crippen LogP contribution in [0.15, 0.2) is 12.3 Å². The molecule has 1 saturated heterocycles. The number of carbonyl (C=O) groups excluding carboxylic acids is 1. The maximum atomic E-state index is 12.4. The molecule has 1 N–H and O–H groups in total. The van der Waals surface area contributed by atoms with Gasteiger partial charge in [-0.2, -0.15) is 5.10 Å². The summed E-state index contributed by atoms with van der Waals surface area (Å²) >= 11 is 0. The summed E-state index contributed by atoms with van der Waals surface area (Å²) in [6.45, 7) is 6.90. The molecular weight excluding hydrogens is 304 g/mol. The molecule has 2 aromatic heterocycles. The SMILES string of the molecule is Cc1cc2ncc(C(=O)N[C@H]3CS(=O)(=O)C3(C)C)c(C)n2n1. The van der Waals surface area contributed by atoms with Crippen LogP contribution in [0.25, 0.3) is 5.65 Å². The van der Waals surface area contributed by atoms with E-state index in [-0.39, 0.29) is 17.7 Å². The topological polar surface area (TPSA) is 93.4 Å². The molecule has 1 aliphatic heterocycles. The van der Waals surface area contributed by atoms with Gasteiger partial charge in [-0.25, -0.2) is 17.9 Å². The molecule has 1 atom stereocenters. The average molecular weight is 322 g/mol. The molecule has 2 aromatic rings. The van der Waals surface area contributed by atoms with E-state index in [1.807, 2.05) is 13.0 Å². The highest BCUT2D eigenvalue weighted by Gasteiger charge is 2.54.